The van der Waals surface area contributed by atoms with Gasteiger partial charge in [0.1, 0.15) is 5.82 Å². The molecule has 4 rings (SSSR count). The summed E-state index contributed by atoms with van der Waals surface area (Å²) in [5, 5.41) is 2.40. The molecule has 1 fully saturated rings. The summed E-state index contributed by atoms with van der Waals surface area (Å²) in [6, 6.07) is 13.1. The second kappa shape index (κ2) is 9.93. The zero-order chi connectivity index (χ0) is 23.4. The number of rotatable bonds is 4. The van der Waals surface area contributed by atoms with Crippen molar-refractivity contribution in [2.75, 3.05) is 5.73 Å². The second-order valence-electron chi connectivity index (χ2n) is 8.43. The molecular weight excluding hydrogens is 434 g/mol. The lowest BCUT2D eigenvalue weighted by atomic mass is 9.82. The number of benzene rings is 2. The molecule has 0 spiro atoms. The molecule has 6 N–H and O–H groups in total. The van der Waals surface area contributed by atoms with E-state index < -0.39 is 0 Å². The van der Waals surface area contributed by atoms with Gasteiger partial charge < -0.3 is 17.2 Å². The Labute approximate surface area is 198 Å². The maximum absolute atomic E-state index is 12.7. The van der Waals surface area contributed by atoms with Gasteiger partial charge >= 0.3 is 0 Å². The SMILES string of the molecule is NC(N)=NC1CCC(CC(=O)c2ccc(C#Cc3c(N)ncc4ccc(Cl)cc34)cc2)CC1. The fourth-order valence-electron chi connectivity index (χ4n) is 4.27. The summed E-state index contributed by atoms with van der Waals surface area (Å²) in [7, 11) is 0. The lowest BCUT2D eigenvalue weighted by Crippen LogP contribution is -2.27. The first kappa shape index (κ1) is 22.6. The van der Waals surface area contributed by atoms with Crippen molar-refractivity contribution in [3.8, 4) is 11.8 Å². The Kier molecular flexibility index (Phi) is 6.81. The average Bonchev–Trinajstić information content (AvgIpc) is 2.79. The van der Waals surface area contributed by atoms with Crippen molar-refractivity contribution >= 4 is 39.9 Å². The smallest absolute Gasteiger partial charge is 0.186 e. The molecule has 2 aromatic carbocycles. The van der Waals surface area contributed by atoms with E-state index in [4.69, 9.17) is 28.8 Å². The predicted molar refractivity (Wildman–Crippen MR) is 134 cm³/mol. The van der Waals surface area contributed by atoms with E-state index in [0.717, 1.165) is 42.0 Å². The molecule has 1 saturated carbocycles. The number of hydrogen-bond donors (Lipinski definition) is 3. The minimum atomic E-state index is 0.140. The van der Waals surface area contributed by atoms with E-state index in [2.05, 4.69) is 21.8 Å². The minimum absolute atomic E-state index is 0.140. The third-order valence-corrected chi connectivity index (χ3v) is 6.28. The second-order valence-corrected chi connectivity index (χ2v) is 8.87. The Morgan fingerprint density at radius 2 is 1.79 bits per heavy atom. The molecule has 1 heterocycles. The molecule has 33 heavy (non-hydrogen) atoms. The van der Waals surface area contributed by atoms with E-state index in [-0.39, 0.29) is 17.8 Å². The van der Waals surface area contributed by atoms with Crippen LogP contribution < -0.4 is 17.2 Å². The number of carbonyl (C=O) groups is 1. The van der Waals surface area contributed by atoms with Gasteiger partial charge in [-0.1, -0.05) is 41.6 Å². The number of pyridine rings is 1. The average molecular weight is 460 g/mol. The molecule has 0 unspecified atom stereocenters. The number of nitrogen functional groups attached to an aromatic ring is 1. The van der Waals surface area contributed by atoms with Gasteiger partial charge in [-0.2, -0.15) is 0 Å². The van der Waals surface area contributed by atoms with E-state index in [1.165, 1.54) is 0 Å². The third kappa shape index (κ3) is 5.63. The number of carbonyl (C=O) groups excluding carboxylic acids is 1. The summed E-state index contributed by atoms with van der Waals surface area (Å²) in [5.41, 5.74) is 19.1. The van der Waals surface area contributed by atoms with Crippen molar-refractivity contribution in [2.45, 2.75) is 38.1 Å². The maximum Gasteiger partial charge on any atom is 0.186 e. The zero-order valence-electron chi connectivity index (χ0n) is 18.2. The number of anilines is 1. The quantitative estimate of drug-likeness (QED) is 0.233. The summed E-state index contributed by atoms with van der Waals surface area (Å²) >= 11 is 6.15. The van der Waals surface area contributed by atoms with Crippen LogP contribution in [0.2, 0.25) is 5.02 Å². The largest absolute Gasteiger partial charge is 0.383 e. The number of aromatic nitrogens is 1. The van der Waals surface area contributed by atoms with Crippen LogP contribution in [0.5, 0.6) is 0 Å². The van der Waals surface area contributed by atoms with Crippen LogP contribution >= 0.6 is 11.6 Å². The highest BCUT2D eigenvalue weighted by molar-refractivity contribution is 6.31. The molecule has 168 valence electrons. The summed E-state index contributed by atoms with van der Waals surface area (Å²) in [6.07, 6.45) is 6.00. The first-order valence-electron chi connectivity index (χ1n) is 11.0. The topological polar surface area (TPSA) is 120 Å². The van der Waals surface area contributed by atoms with Gasteiger partial charge in [0, 0.05) is 39.5 Å². The van der Waals surface area contributed by atoms with Crippen molar-refractivity contribution in [3.63, 3.8) is 0 Å². The van der Waals surface area contributed by atoms with Crippen LogP contribution in [0, 0.1) is 17.8 Å². The van der Waals surface area contributed by atoms with Gasteiger partial charge in [-0.05, 0) is 55.9 Å². The van der Waals surface area contributed by atoms with Crippen LogP contribution in [0.15, 0.2) is 53.7 Å². The Morgan fingerprint density at radius 3 is 2.48 bits per heavy atom. The molecule has 7 heteroatoms. The molecule has 0 bridgehead atoms. The van der Waals surface area contributed by atoms with Gasteiger partial charge in [0.25, 0.3) is 0 Å². The molecule has 0 saturated heterocycles. The van der Waals surface area contributed by atoms with Crippen LogP contribution in [0.1, 0.15) is 53.6 Å². The van der Waals surface area contributed by atoms with Crippen molar-refractivity contribution in [1.82, 2.24) is 4.98 Å². The first-order valence-corrected chi connectivity index (χ1v) is 11.3. The molecule has 0 aliphatic heterocycles. The van der Waals surface area contributed by atoms with Gasteiger partial charge in [-0.3, -0.25) is 9.79 Å². The number of hydrogen-bond acceptors (Lipinski definition) is 4. The number of guanidine groups is 1. The fraction of sp³-hybridized carbons (Fsp3) is 0.269. The van der Waals surface area contributed by atoms with Gasteiger partial charge in [-0.25, -0.2) is 4.98 Å². The number of nitrogens with zero attached hydrogens (tertiary/aromatic N) is 2. The third-order valence-electron chi connectivity index (χ3n) is 6.04. The maximum atomic E-state index is 12.7. The van der Waals surface area contributed by atoms with Gasteiger partial charge in [0.15, 0.2) is 11.7 Å². The number of halogens is 1. The summed E-state index contributed by atoms with van der Waals surface area (Å²) < 4.78 is 0. The number of ketones is 1. The molecule has 6 nitrogen and oxygen atoms in total. The molecule has 0 amide bonds. The Hall–Kier alpha value is -3.56. The standard InChI is InChI=1S/C26H26ClN5O/c27-20-9-8-19-15-31-25(28)22(23(19)14-20)12-5-16-1-6-18(7-2-16)24(33)13-17-3-10-21(11-4-17)32-26(29)30/h1-2,6-9,14-15,17,21H,3-4,10-11,13H2,(H2,28,31)(H4,29,30,32). The van der Waals surface area contributed by atoms with Gasteiger partial charge in [0.05, 0.1) is 11.6 Å². The number of nitrogens with two attached hydrogens (primary N) is 3. The monoisotopic (exact) mass is 459 g/mol. The van der Waals surface area contributed by atoms with Crippen LogP contribution in [-0.4, -0.2) is 22.8 Å². The summed E-state index contributed by atoms with van der Waals surface area (Å²) in [6.45, 7) is 0. The van der Waals surface area contributed by atoms with Crippen molar-refractivity contribution in [2.24, 2.45) is 22.4 Å². The Balaban J connectivity index is 1.43. The van der Waals surface area contributed by atoms with Crippen LogP contribution in [0.25, 0.3) is 10.8 Å². The van der Waals surface area contributed by atoms with Gasteiger partial charge in [-0.15, -0.1) is 0 Å². The molecule has 0 atom stereocenters. The van der Waals surface area contributed by atoms with Gasteiger partial charge in [0.2, 0.25) is 0 Å². The molecule has 1 aromatic heterocycles. The van der Waals surface area contributed by atoms with Crippen LogP contribution in [-0.2, 0) is 0 Å². The number of Topliss-reactive ketones (excluding diaryl/α,β-unsaturated/α-hetero) is 1. The number of aliphatic imine (C=N–C) groups is 1. The highest BCUT2D eigenvalue weighted by Gasteiger charge is 2.23. The molecule has 1 aliphatic carbocycles. The van der Waals surface area contributed by atoms with E-state index in [1.54, 1.807) is 6.20 Å². The lowest BCUT2D eigenvalue weighted by Gasteiger charge is -2.25. The Bertz CT molecular complexity index is 1260. The Morgan fingerprint density at radius 1 is 1.06 bits per heavy atom. The van der Waals surface area contributed by atoms with E-state index in [0.29, 0.717) is 34.3 Å². The van der Waals surface area contributed by atoms with Crippen molar-refractivity contribution in [1.29, 1.82) is 0 Å². The molecule has 3 aromatic rings. The summed E-state index contributed by atoms with van der Waals surface area (Å²) in [4.78, 5) is 21.2. The highest BCUT2D eigenvalue weighted by atomic mass is 35.5. The first-order chi connectivity index (χ1) is 15.9. The number of fused-ring (bicyclic) bond motifs is 1. The van der Waals surface area contributed by atoms with E-state index in [1.807, 2.05) is 42.5 Å². The lowest BCUT2D eigenvalue weighted by molar-refractivity contribution is 0.0948. The van der Waals surface area contributed by atoms with Crippen LogP contribution in [0.4, 0.5) is 5.82 Å². The van der Waals surface area contributed by atoms with E-state index >= 15 is 0 Å². The minimum Gasteiger partial charge on any atom is -0.383 e. The summed E-state index contributed by atoms with van der Waals surface area (Å²) in [5.74, 6) is 7.27. The zero-order valence-corrected chi connectivity index (χ0v) is 19.0. The normalized spacial score (nSPS) is 17.7. The molecule has 0 radical (unpaired) electrons. The molecule has 1 aliphatic rings. The highest BCUT2D eigenvalue weighted by Crippen LogP contribution is 2.30. The molecular formula is C26H26ClN5O. The van der Waals surface area contributed by atoms with Crippen molar-refractivity contribution in [3.05, 3.63) is 70.4 Å². The van der Waals surface area contributed by atoms with Crippen molar-refractivity contribution < 1.29 is 4.79 Å². The van der Waals surface area contributed by atoms with E-state index in [9.17, 15) is 4.79 Å². The van der Waals surface area contributed by atoms with Crippen LogP contribution in [0.3, 0.4) is 0 Å². The fourth-order valence-corrected chi connectivity index (χ4v) is 4.45. The predicted octanol–water partition coefficient (Wildman–Crippen LogP) is 4.28.